The summed E-state index contributed by atoms with van der Waals surface area (Å²) >= 11 is 5.98. The van der Waals surface area contributed by atoms with Gasteiger partial charge in [-0.25, -0.2) is 0 Å². The predicted octanol–water partition coefficient (Wildman–Crippen LogP) is 2.78. The van der Waals surface area contributed by atoms with Crippen LogP contribution in [0.2, 0.25) is 5.02 Å². The number of hydrogen-bond acceptors (Lipinski definition) is 3. The van der Waals surface area contributed by atoms with Crippen molar-refractivity contribution in [3.63, 3.8) is 0 Å². The van der Waals surface area contributed by atoms with E-state index < -0.39 is 11.7 Å². The monoisotopic (exact) mass is 287 g/mol. The normalized spacial score (nSPS) is 13.8. The Bertz CT molecular complexity index is 727. The van der Waals surface area contributed by atoms with E-state index in [4.69, 9.17) is 11.6 Å². The second kappa shape index (κ2) is 4.65. The van der Waals surface area contributed by atoms with Gasteiger partial charge in [-0.3, -0.25) is 9.59 Å². The number of anilines is 1. The van der Waals surface area contributed by atoms with Gasteiger partial charge >= 0.3 is 0 Å². The van der Waals surface area contributed by atoms with Crippen LogP contribution in [0.3, 0.4) is 0 Å². The minimum atomic E-state index is -0.601. The van der Waals surface area contributed by atoms with Gasteiger partial charge in [0.2, 0.25) is 0 Å². The Morgan fingerprint density at radius 2 is 1.85 bits per heavy atom. The first-order valence-corrected chi connectivity index (χ1v) is 6.38. The molecule has 0 saturated carbocycles. The number of benzene rings is 2. The van der Waals surface area contributed by atoms with Gasteiger partial charge in [-0.2, -0.15) is 0 Å². The molecule has 2 aromatic rings. The summed E-state index contributed by atoms with van der Waals surface area (Å²) in [6, 6.07) is 11.5. The lowest BCUT2D eigenvalue weighted by molar-refractivity contribution is -0.114. The molecule has 0 radical (unpaired) electrons. The van der Waals surface area contributed by atoms with Crippen LogP contribution < -0.4 is 4.90 Å². The number of carbonyl (C=O) groups is 2. The van der Waals surface area contributed by atoms with Crippen molar-refractivity contribution in [3.8, 4) is 5.75 Å². The van der Waals surface area contributed by atoms with Gasteiger partial charge in [0.25, 0.3) is 11.7 Å². The minimum Gasteiger partial charge on any atom is -0.508 e. The molecule has 0 aromatic heterocycles. The van der Waals surface area contributed by atoms with Gasteiger partial charge < -0.3 is 10.0 Å². The second-order valence-corrected chi connectivity index (χ2v) is 4.93. The summed E-state index contributed by atoms with van der Waals surface area (Å²) in [5.41, 5.74) is 1.49. The van der Waals surface area contributed by atoms with Gasteiger partial charge in [-0.1, -0.05) is 29.8 Å². The van der Waals surface area contributed by atoms with E-state index in [9.17, 15) is 14.7 Å². The van der Waals surface area contributed by atoms with Crippen LogP contribution in [0.4, 0.5) is 5.69 Å². The highest BCUT2D eigenvalue weighted by molar-refractivity contribution is 6.55. The zero-order valence-corrected chi connectivity index (χ0v) is 11.1. The van der Waals surface area contributed by atoms with E-state index in [0.717, 1.165) is 5.56 Å². The Kier molecular flexibility index (Phi) is 2.95. The lowest BCUT2D eigenvalue weighted by atomic mass is 10.1. The van der Waals surface area contributed by atoms with Gasteiger partial charge in [0.1, 0.15) is 5.75 Å². The van der Waals surface area contributed by atoms with E-state index in [1.165, 1.54) is 4.90 Å². The molecule has 0 aliphatic carbocycles. The molecule has 0 spiro atoms. The molecule has 3 rings (SSSR count). The molecule has 100 valence electrons. The summed E-state index contributed by atoms with van der Waals surface area (Å²) in [5.74, 6) is -1.08. The number of carbonyl (C=O) groups excluding carboxylic acids is 2. The van der Waals surface area contributed by atoms with Crippen LogP contribution in [0.5, 0.6) is 5.75 Å². The highest BCUT2D eigenvalue weighted by atomic mass is 35.5. The first kappa shape index (κ1) is 12.7. The first-order chi connectivity index (χ1) is 9.58. The number of fused-ring (bicyclic) bond motifs is 1. The predicted molar refractivity (Wildman–Crippen MR) is 75.1 cm³/mol. The molecule has 2 aromatic carbocycles. The number of phenols is 1. The molecule has 0 bridgehead atoms. The van der Waals surface area contributed by atoms with E-state index >= 15 is 0 Å². The molecule has 20 heavy (non-hydrogen) atoms. The van der Waals surface area contributed by atoms with Crippen molar-refractivity contribution in [1.29, 1.82) is 0 Å². The van der Waals surface area contributed by atoms with Gasteiger partial charge in [0.05, 0.1) is 22.8 Å². The zero-order valence-electron chi connectivity index (χ0n) is 10.3. The molecule has 1 amide bonds. The Morgan fingerprint density at radius 3 is 2.60 bits per heavy atom. The molecular formula is C15H10ClNO3. The standard InChI is InChI=1S/C15H10ClNO3/c16-11-5-2-6-12-13(11)14(19)15(20)17(12)8-9-3-1-4-10(18)7-9/h1-7,18H,8H2. The molecule has 0 unspecified atom stereocenters. The van der Waals surface area contributed by atoms with Crippen LogP contribution in [0.15, 0.2) is 42.5 Å². The maximum atomic E-state index is 12.1. The fourth-order valence-corrected chi connectivity index (χ4v) is 2.55. The molecule has 1 N–H and O–H groups in total. The summed E-state index contributed by atoms with van der Waals surface area (Å²) in [5, 5.41) is 9.73. The fraction of sp³-hybridized carbons (Fsp3) is 0.0667. The smallest absolute Gasteiger partial charge is 0.299 e. The van der Waals surface area contributed by atoms with Gasteiger partial charge in [0.15, 0.2) is 0 Å². The third-order valence-electron chi connectivity index (χ3n) is 3.20. The van der Waals surface area contributed by atoms with Crippen LogP contribution in [-0.4, -0.2) is 16.8 Å². The van der Waals surface area contributed by atoms with E-state index in [0.29, 0.717) is 5.69 Å². The molecule has 4 nitrogen and oxygen atoms in total. The molecular weight excluding hydrogens is 278 g/mol. The number of nitrogens with zero attached hydrogens (tertiary/aromatic N) is 1. The molecule has 1 heterocycles. The van der Waals surface area contributed by atoms with Gasteiger partial charge in [-0.15, -0.1) is 0 Å². The number of amides is 1. The largest absolute Gasteiger partial charge is 0.508 e. The van der Waals surface area contributed by atoms with E-state index in [1.54, 1.807) is 42.5 Å². The van der Waals surface area contributed by atoms with Crippen molar-refractivity contribution in [3.05, 3.63) is 58.6 Å². The van der Waals surface area contributed by atoms with E-state index in [-0.39, 0.29) is 22.9 Å². The summed E-state index contributed by atoms with van der Waals surface area (Å²) in [7, 11) is 0. The SMILES string of the molecule is O=C1C(=O)N(Cc2cccc(O)c2)c2cccc(Cl)c21. The number of hydrogen-bond donors (Lipinski definition) is 1. The average Bonchev–Trinajstić information content (AvgIpc) is 2.65. The van der Waals surface area contributed by atoms with Gasteiger partial charge in [0, 0.05) is 0 Å². The number of ketones is 1. The first-order valence-electron chi connectivity index (χ1n) is 6.00. The van der Waals surface area contributed by atoms with Crippen LogP contribution in [0.1, 0.15) is 15.9 Å². The number of aromatic hydroxyl groups is 1. The van der Waals surface area contributed by atoms with Crippen molar-refractivity contribution in [2.45, 2.75) is 6.54 Å². The van der Waals surface area contributed by atoms with Crippen molar-refractivity contribution < 1.29 is 14.7 Å². The maximum Gasteiger partial charge on any atom is 0.299 e. The highest BCUT2D eigenvalue weighted by Crippen LogP contribution is 2.35. The molecule has 1 aliphatic heterocycles. The van der Waals surface area contributed by atoms with Crippen LogP contribution >= 0.6 is 11.6 Å². The lowest BCUT2D eigenvalue weighted by Gasteiger charge is -2.16. The second-order valence-electron chi connectivity index (χ2n) is 4.52. The van der Waals surface area contributed by atoms with Crippen LogP contribution in [0, 0.1) is 0 Å². The number of rotatable bonds is 2. The van der Waals surface area contributed by atoms with Crippen molar-refractivity contribution in [1.82, 2.24) is 0 Å². The summed E-state index contributed by atoms with van der Waals surface area (Å²) < 4.78 is 0. The molecule has 0 saturated heterocycles. The Hall–Kier alpha value is -2.33. The molecule has 5 heteroatoms. The minimum absolute atomic E-state index is 0.117. The van der Waals surface area contributed by atoms with Gasteiger partial charge in [-0.05, 0) is 29.8 Å². The molecule has 0 atom stereocenters. The lowest BCUT2D eigenvalue weighted by Crippen LogP contribution is -2.29. The summed E-state index contributed by atoms with van der Waals surface area (Å²) in [6.07, 6.45) is 0. The summed E-state index contributed by atoms with van der Waals surface area (Å²) in [4.78, 5) is 25.4. The van der Waals surface area contributed by atoms with E-state index in [2.05, 4.69) is 0 Å². The highest BCUT2D eigenvalue weighted by Gasteiger charge is 2.37. The number of halogens is 1. The third-order valence-corrected chi connectivity index (χ3v) is 3.52. The average molecular weight is 288 g/mol. The fourth-order valence-electron chi connectivity index (χ4n) is 2.30. The van der Waals surface area contributed by atoms with Crippen LogP contribution in [-0.2, 0) is 11.3 Å². The maximum absolute atomic E-state index is 12.1. The van der Waals surface area contributed by atoms with Crippen LogP contribution in [0.25, 0.3) is 0 Å². The molecule has 1 aliphatic rings. The number of phenolic OH excluding ortho intramolecular Hbond substituents is 1. The quantitative estimate of drug-likeness (QED) is 0.864. The van der Waals surface area contributed by atoms with Crippen molar-refractivity contribution >= 4 is 29.0 Å². The summed E-state index contributed by atoms with van der Waals surface area (Å²) in [6.45, 7) is 0.215. The Labute approximate surface area is 120 Å². The third kappa shape index (κ3) is 1.94. The Balaban J connectivity index is 2.02. The van der Waals surface area contributed by atoms with Crippen molar-refractivity contribution in [2.75, 3.05) is 4.90 Å². The zero-order chi connectivity index (χ0) is 14.3. The molecule has 0 fully saturated rings. The Morgan fingerprint density at radius 1 is 1.10 bits per heavy atom. The van der Waals surface area contributed by atoms with E-state index in [1.807, 2.05) is 0 Å². The van der Waals surface area contributed by atoms with Crippen molar-refractivity contribution in [2.24, 2.45) is 0 Å². The number of Topliss-reactive ketones (excluding diaryl/α,β-unsaturated/α-hetero) is 1. The topological polar surface area (TPSA) is 57.6 Å².